The van der Waals surface area contributed by atoms with E-state index in [-0.39, 0.29) is 5.91 Å². The monoisotopic (exact) mass is 369 g/mol. The van der Waals surface area contributed by atoms with E-state index in [2.05, 4.69) is 17.1 Å². The van der Waals surface area contributed by atoms with Crippen molar-refractivity contribution in [3.05, 3.63) is 41.1 Å². The zero-order valence-corrected chi connectivity index (χ0v) is 16.0. The van der Waals surface area contributed by atoms with Crippen LogP contribution in [0, 0.1) is 0 Å². The van der Waals surface area contributed by atoms with Crippen LogP contribution in [0.15, 0.2) is 24.3 Å². The molecule has 0 saturated carbocycles. The first-order chi connectivity index (χ1) is 13.0. The van der Waals surface area contributed by atoms with Crippen molar-refractivity contribution in [2.45, 2.75) is 52.1 Å². The summed E-state index contributed by atoms with van der Waals surface area (Å²) in [5, 5.41) is 13.0. The Morgan fingerprint density at radius 3 is 2.78 bits per heavy atom. The fraction of sp³-hybridized carbons (Fsp3) is 0.476. The number of fused-ring (bicyclic) bond motifs is 2. The number of likely N-dealkylation sites (N-methyl/N-ethyl adjacent to an activating group) is 1. The third-order valence-electron chi connectivity index (χ3n) is 5.25. The number of carboxylic acids is 1. The Labute approximate surface area is 159 Å². The number of pyridine rings is 1. The number of carboxylic acid groups (broad SMARTS) is 1. The van der Waals surface area contributed by atoms with Gasteiger partial charge in [0.15, 0.2) is 0 Å². The first-order valence-corrected chi connectivity index (χ1v) is 9.71. The van der Waals surface area contributed by atoms with Crippen molar-refractivity contribution in [2.75, 3.05) is 13.1 Å². The van der Waals surface area contributed by atoms with Crippen LogP contribution in [-0.2, 0) is 17.8 Å². The predicted octanol–water partition coefficient (Wildman–Crippen LogP) is 2.99. The molecule has 1 aromatic carbocycles. The molecular formula is C21H27N3O3. The summed E-state index contributed by atoms with van der Waals surface area (Å²) in [5.41, 5.74) is 3.24. The van der Waals surface area contributed by atoms with Crippen LogP contribution in [0.4, 0.5) is 0 Å². The van der Waals surface area contributed by atoms with Gasteiger partial charge in [0.2, 0.25) is 0 Å². The molecule has 0 fully saturated rings. The van der Waals surface area contributed by atoms with Crippen molar-refractivity contribution >= 4 is 22.8 Å². The van der Waals surface area contributed by atoms with Crippen LogP contribution in [0.3, 0.4) is 0 Å². The fourth-order valence-corrected chi connectivity index (χ4v) is 3.67. The molecule has 1 aliphatic heterocycles. The molecule has 27 heavy (non-hydrogen) atoms. The molecule has 1 atom stereocenters. The molecule has 1 amide bonds. The smallest absolute Gasteiger partial charge is 0.326 e. The van der Waals surface area contributed by atoms with E-state index >= 15 is 0 Å². The van der Waals surface area contributed by atoms with E-state index in [0.717, 1.165) is 54.5 Å². The van der Waals surface area contributed by atoms with Gasteiger partial charge >= 0.3 is 5.97 Å². The van der Waals surface area contributed by atoms with Gasteiger partial charge in [-0.1, -0.05) is 44.9 Å². The number of hydrogen-bond acceptors (Lipinski definition) is 4. The number of aliphatic carboxylic acids is 1. The number of unbranched alkanes of at least 4 members (excludes halogenated alkanes) is 1. The largest absolute Gasteiger partial charge is 0.480 e. The van der Waals surface area contributed by atoms with Gasteiger partial charge < -0.3 is 10.4 Å². The highest BCUT2D eigenvalue weighted by Crippen LogP contribution is 2.28. The minimum absolute atomic E-state index is 0.314. The van der Waals surface area contributed by atoms with Crippen LogP contribution in [0.25, 0.3) is 10.9 Å². The van der Waals surface area contributed by atoms with Gasteiger partial charge in [0.05, 0.1) is 11.1 Å². The van der Waals surface area contributed by atoms with Crippen molar-refractivity contribution in [3.63, 3.8) is 0 Å². The molecule has 6 heteroatoms. The fourth-order valence-electron chi connectivity index (χ4n) is 3.67. The summed E-state index contributed by atoms with van der Waals surface area (Å²) in [7, 11) is 0. The van der Waals surface area contributed by atoms with Gasteiger partial charge in [0.25, 0.3) is 5.91 Å². The van der Waals surface area contributed by atoms with Crippen molar-refractivity contribution in [1.29, 1.82) is 0 Å². The SMILES string of the molecule is CCCCC(NC(=O)c1c2c(nc3ccccc13)CCN(CC)C2)C(=O)O. The highest BCUT2D eigenvalue weighted by molar-refractivity contribution is 6.08. The predicted molar refractivity (Wildman–Crippen MR) is 105 cm³/mol. The highest BCUT2D eigenvalue weighted by atomic mass is 16.4. The summed E-state index contributed by atoms with van der Waals surface area (Å²) in [5.74, 6) is -1.30. The second-order valence-electron chi connectivity index (χ2n) is 7.05. The summed E-state index contributed by atoms with van der Waals surface area (Å²) in [6.45, 7) is 6.60. The lowest BCUT2D eigenvalue weighted by Gasteiger charge is -2.29. The van der Waals surface area contributed by atoms with Gasteiger partial charge in [0, 0.05) is 36.2 Å². The molecule has 1 aromatic heterocycles. The van der Waals surface area contributed by atoms with E-state index in [1.165, 1.54) is 0 Å². The van der Waals surface area contributed by atoms with Crippen LogP contribution in [0.5, 0.6) is 0 Å². The highest BCUT2D eigenvalue weighted by Gasteiger charge is 2.27. The number of hydrogen-bond donors (Lipinski definition) is 2. The van der Waals surface area contributed by atoms with Gasteiger partial charge in [-0.3, -0.25) is 14.7 Å². The second-order valence-corrected chi connectivity index (χ2v) is 7.05. The molecule has 0 bridgehead atoms. The summed E-state index contributed by atoms with van der Waals surface area (Å²) >= 11 is 0. The van der Waals surface area contributed by atoms with Crippen molar-refractivity contribution in [2.24, 2.45) is 0 Å². The van der Waals surface area contributed by atoms with Gasteiger partial charge in [-0.05, 0) is 19.0 Å². The van der Waals surface area contributed by atoms with Crippen LogP contribution in [0.2, 0.25) is 0 Å². The second kappa shape index (κ2) is 8.48. The number of nitrogens with zero attached hydrogens (tertiary/aromatic N) is 2. The normalized spacial score (nSPS) is 15.3. The maximum absolute atomic E-state index is 13.2. The lowest BCUT2D eigenvalue weighted by molar-refractivity contribution is -0.139. The van der Waals surface area contributed by atoms with E-state index in [1.54, 1.807) is 0 Å². The average molecular weight is 369 g/mol. The number of rotatable bonds is 7. The molecule has 2 N–H and O–H groups in total. The summed E-state index contributed by atoms with van der Waals surface area (Å²) in [4.78, 5) is 31.8. The van der Waals surface area contributed by atoms with Crippen molar-refractivity contribution in [1.82, 2.24) is 15.2 Å². The van der Waals surface area contributed by atoms with Gasteiger partial charge in [0.1, 0.15) is 6.04 Å². The minimum Gasteiger partial charge on any atom is -0.480 e. The molecule has 2 aromatic rings. The number of carbonyl (C=O) groups is 2. The van der Waals surface area contributed by atoms with E-state index < -0.39 is 12.0 Å². The Morgan fingerprint density at radius 1 is 1.30 bits per heavy atom. The molecule has 0 aliphatic carbocycles. The topological polar surface area (TPSA) is 82.5 Å². The van der Waals surface area contributed by atoms with Gasteiger partial charge in [-0.25, -0.2) is 4.79 Å². The van der Waals surface area contributed by atoms with E-state index in [9.17, 15) is 14.7 Å². The van der Waals surface area contributed by atoms with Crippen molar-refractivity contribution < 1.29 is 14.7 Å². The molecule has 3 rings (SSSR count). The summed E-state index contributed by atoms with van der Waals surface area (Å²) in [6, 6.07) is 6.73. The van der Waals surface area contributed by atoms with Crippen LogP contribution < -0.4 is 5.32 Å². The van der Waals surface area contributed by atoms with E-state index in [0.29, 0.717) is 18.5 Å². The molecule has 1 aliphatic rings. The van der Waals surface area contributed by atoms with Gasteiger partial charge in [-0.2, -0.15) is 0 Å². The molecule has 144 valence electrons. The maximum atomic E-state index is 13.2. The van der Waals surface area contributed by atoms with Crippen LogP contribution in [0.1, 0.15) is 54.7 Å². The molecule has 6 nitrogen and oxygen atoms in total. The molecular weight excluding hydrogens is 342 g/mol. The Kier molecular flexibility index (Phi) is 6.06. The third kappa shape index (κ3) is 4.11. The average Bonchev–Trinajstić information content (AvgIpc) is 2.68. The zero-order chi connectivity index (χ0) is 19.4. The van der Waals surface area contributed by atoms with Gasteiger partial charge in [-0.15, -0.1) is 0 Å². The number of para-hydroxylation sites is 1. The number of aromatic nitrogens is 1. The molecule has 1 unspecified atom stereocenters. The van der Waals surface area contributed by atoms with E-state index in [4.69, 9.17) is 4.98 Å². The molecule has 0 saturated heterocycles. The molecule has 0 radical (unpaired) electrons. The van der Waals surface area contributed by atoms with Crippen LogP contribution >= 0.6 is 0 Å². The Morgan fingerprint density at radius 2 is 2.07 bits per heavy atom. The van der Waals surface area contributed by atoms with E-state index in [1.807, 2.05) is 31.2 Å². The number of carbonyl (C=O) groups excluding carboxylic acids is 1. The summed E-state index contributed by atoms with van der Waals surface area (Å²) < 4.78 is 0. The summed E-state index contributed by atoms with van der Waals surface area (Å²) in [6.07, 6.45) is 2.88. The maximum Gasteiger partial charge on any atom is 0.326 e. The number of nitrogens with one attached hydrogen (secondary N) is 1. The molecule has 0 spiro atoms. The first-order valence-electron chi connectivity index (χ1n) is 9.71. The molecule has 2 heterocycles. The Bertz CT molecular complexity index is 850. The zero-order valence-electron chi connectivity index (χ0n) is 16.0. The third-order valence-corrected chi connectivity index (χ3v) is 5.25. The number of benzene rings is 1. The standard InChI is InChI=1S/C21H27N3O3/c1-3-5-9-18(21(26)27)23-20(25)19-14-8-6-7-10-16(14)22-17-11-12-24(4-2)13-15(17)19/h6-8,10,18H,3-5,9,11-13H2,1-2H3,(H,23,25)(H,26,27). The lowest BCUT2D eigenvalue weighted by atomic mass is 9.95. The number of amides is 1. The Hall–Kier alpha value is -2.47. The lowest BCUT2D eigenvalue weighted by Crippen LogP contribution is -2.42. The quantitative estimate of drug-likeness (QED) is 0.784. The first kappa shape index (κ1) is 19.3. The minimum atomic E-state index is -0.987. The van der Waals surface area contributed by atoms with Crippen molar-refractivity contribution in [3.8, 4) is 0 Å². The van der Waals surface area contributed by atoms with Crippen LogP contribution in [-0.4, -0.2) is 46.0 Å². The Balaban J connectivity index is 2.03.